The van der Waals surface area contributed by atoms with Crippen molar-refractivity contribution in [3.05, 3.63) is 65.7 Å². The lowest BCUT2D eigenvalue weighted by molar-refractivity contribution is -0.140. The van der Waals surface area contributed by atoms with E-state index in [1.807, 2.05) is 56.3 Å². The van der Waals surface area contributed by atoms with Gasteiger partial charge < -0.3 is 10.2 Å². The topological polar surface area (TPSA) is 86.8 Å². The average Bonchev–Trinajstić information content (AvgIpc) is 2.75. The number of anilines is 1. The maximum absolute atomic E-state index is 13.1. The van der Waals surface area contributed by atoms with Crippen molar-refractivity contribution < 1.29 is 18.0 Å². The van der Waals surface area contributed by atoms with E-state index in [4.69, 9.17) is 0 Å². The second kappa shape index (κ2) is 11.7. The third-order valence-electron chi connectivity index (χ3n) is 5.25. The summed E-state index contributed by atoms with van der Waals surface area (Å²) >= 11 is 0. The Bertz CT molecular complexity index is 1010. The molecule has 0 aliphatic carbocycles. The van der Waals surface area contributed by atoms with E-state index in [-0.39, 0.29) is 24.8 Å². The Hall–Kier alpha value is -2.87. The number of benzene rings is 2. The molecule has 0 fully saturated rings. The van der Waals surface area contributed by atoms with Crippen LogP contribution in [0.15, 0.2) is 54.6 Å². The van der Waals surface area contributed by atoms with Crippen molar-refractivity contribution in [3.8, 4) is 0 Å². The van der Waals surface area contributed by atoms with E-state index < -0.39 is 16.1 Å². The van der Waals surface area contributed by atoms with Crippen LogP contribution in [0.4, 0.5) is 5.69 Å². The van der Waals surface area contributed by atoms with Crippen LogP contribution in [0, 0.1) is 6.92 Å². The van der Waals surface area contributed by atoms with E-state index in [1.165, 1.54) is 10.6 Å². The fourth-order valence-corrected chi connectivity index (χ4v) is 4.53. The van der Waals surface area contributed by atoms with E-state index in [1.54, 1.807) is 24.0 Å². The number of carbonyl (C=O) groups excluding carboxylic acids is 2. The Balaban J connectivity index is 2.14. The Morgan fingerprint density at radius 2 is 1.66 bits per heavy atom. The van der Waals surface area contributed by atoms with E-state index in [2.05, 4.69) is 5.32 Å². The fraction of sp³-hybridized carbons (Fsp3) is 0.417. The lowest BCUT2D eigenvalue weighted by Gasteiger charge is -2.29. The van der Waals surface area contributed by atoms with Gasteiger partial charge in [0.05, 0.1) is 11.9 Å². The second-order valence-corrected chi connectivity index (χ2v) is 9.71. The highest BCUT2D eigenvalue weighted by Crippen LogP contribution is 2.23. The van der Waals surface area contributed by atoms with Crippen molar-refractivity contribution in [3.63, 3.8) is 0 Å². The summed E-state index contributed by atoms with van der Waals surface area (Å²) in [6.07, 6.45) is 1.64. The quantitative estimate of drug-likeness (QED) is 0.559. The maximum atomic E-state index is 13.1. The molecule has 32 heavy (non-hydrogen) atoms. The molecule has 0 saturated heterocycles. The molecule has 0 heterocycles. The lowest BCUT2D eigenvalue weighted by atomic mass is 10.1. The first kappa shape index (κ1) is 25.4. The molecule has 2 rings (SSSR count). The number of hydrogen-bond acceptors (Lipinski definition) is 4. The Morgan fingerprint density at radius 3 is 2.25 bits per heavy atom. The largest absolute Gasteiger partial charge is 0.355 e. The number of para-hydroxylation sites is 1. The summed E-state index contributed by atoms with van der Waals surface area (Å²) in [6.45, 7) is 6.38. The van der Waals surface area contributed by atoms with Crippen LogP contribution in [-0.2, 0) is 26.2 Å². The molecule has 7 nitrogen and oxygen atoms in total. The van der Waals surface area contributed by atoms with Gasteiger partial charge in [0.2, 0.25) is 21.8 Å². The molecule has 2 amide bonds. The number of sulfonamides is 1. The minimum absolute atomic E-state index is 0.133. The van der Waals surface area contributed by atoms with Crippen LogP contribution in [0.2, 0.25) is 0 Å². The highest BCUT2D eigenvalue weighted by Gasteiger charge is 2.26. The van der Waals surface area contributed by atoms with E-state index >= 15 is 0 Å². The molecule has 0 aliphatic rings. The number of carbonyl (C=O) groups is 2. The van der Waals surface area contributed by atoms with Crippen LogP contribution < -0.4 is 9.62 Å². The van der Waals surface area contributed by atoms with Gasteiger partial charge >= 0.3 is 0 Å². The van der Waals surface area contributed by atoms with Crippen molar-refractivity contribution in [1.82, 2.24) is 10.2 Å². The number of aryl methyl sites for hydroxylation is 1. The molecule has 174 valence electrons. The number of likely N-dealkylation sites (N-methyl/N-ethyl adjacent to an activating group) is 1. The average molecular weight is 460 g/mol. The van der Waals surface area contributed by atoms with Crippen LogP contribution in [0.1, 0.15) is 37.8 Å². The molecule has 0 saturated carbocycles. The van der Waals surface area contributed by atoms with Crippen LogP contribution in [0.25, 0.3) is 0 Å². The normalized spacial score (nSPS) is 12.1. The molecule has 1 unspecified atom stereocenters. The lowest BCUT2D eigenvalue weighted by Crippen LogP contribution is -2.47. The highest BCUT2D eigenvalue weighted by atomic mass is 32.2. The molecule has 0 aromatic heterocycles. The predicted octanol–water partition coefficient (Wildman–Crippen LogP) is 3.09. The first-order chi connectivity index (χ1) is 15.1. The summed E-state index contributed by atoms with van der Waals surface area (Å²) < 4.78 is 26.1. The van der Waals surface area contributed by atoms with Gasteiger partial charge in [0.1, 0.15) is 6.04 Å². The van der Waals surface area contributed by atoms with Gasteiger partial charge in [-0.15, -0.1) is 0 Å². The van der Waals surface area contributed by atoms with Crippen molar-refractivity contribution in [2.45, 2.75) is 46.2 Å². The summed E-state index contributed by atoms with van der Waals surface area (Å²) in [5, 5.41) is 2.77. The minimum Gasteiger partial charge on any atom is -0.355 e. The Labute approximate surface area is 191 Å². The smallest absolute Gasteiger partial charge is 0.242 e. The van der Waals surface area contributed by atoms with Crippen molar-refractivity contribution in [1.29, 1.82) is 0 Å². The molecule has 8 heteroatoms. The standard InChI is InChI=1S/C24H33N3O4S/c1-5-25-24(29)20(3)26(18-21-13-7-6-8-14-21)23(28)16-11-17-27(32(4,30)31)22-15-10-9-12-19(22)2/h6-10,12-15,20H,5,11,16-18H2,1-4H3,(H,25,29). The van der Waals surface area contributed by atoms with Crippen LogP contribution in [0.5, 0.6) is 0 Å². The summed E-state index contributed by atoms with van der Waals surface area (Å²) in [6, 6.07) is 16.1. The van der Waals surface area contributed by atoms with Crippen LogP contribution >= 0.6 is 0 Å². The Kier molecular flexibility index (Phi) is 9.26. The Morgan fingerprint density at radius 1 is 1.03 bits per heavy atom. The van der Waals surface area contributed by atoms with E-state index in [9.17, 15) is 18.0 Å². The molecular weight excluding hydrogens is 426 g/mol. The van der Waals surface area contributed by atoms with Gasteiger partial charge in [-0.25, -0.2) is 8.42 Å². The SMILES string of the molecule is CCNC(=O)C(C)N(Cc1ccccc1)C(=O)CCCN(c1ccccc1C)S(C)(=O)=O. The summed E-state index contributed by atoms with van der Waals surface area (Å²) in [5.41, 5.74) is 2.38. The van der Waals surface area contributed by atoms with Gasteiger partial charge in [-0.05, 0) is 44.4 Å². The van der Waals surface area contributed by atoms with Crippen LogP contribution in [0.3, 0.4) is 0 Å². The zero-order chi connectivity index (χ0) is 23.7. The molecule has 0 spiro atoms. The minimum atomic E-state index is -3.50. The van der Waals surface area contributed by atoms with Gasteiger partial charge in [0.25, 0.3) is 0 Å². The van der Waals surface area contributed by atoms with E-state index in [0.29, 0.717) is 25.2 Å². The molecule has 0 radical (unpaired) electrons. The molecular formula is C24H33N3O4S. The molecule has 0 aliphatic heterocycles. The number of hydrogen-bond donors (Lipinski definition) is 1. The summed E-state index contributed by atoms with van der Waals surface area (Å²) in [4.78, 5) is 27.1. The first-order valence-electron chi connectivity index (χ1n) is 10.8. The fourth-order valence-electron chi connectivity index (χ4n) is 3.51. The van der Waals surface area contributed by atoms with Gasteiger partial charge in [0.15, 0.2) is 0 Å². The first-order valence-corrected chi connectivity index (χ1v) is 12.6. The van der Waals surface area contributed by atoms with Crippen molar-refractivity contribution in [2.24, 2.45) is 0 Å². The predicted molar refractivity (Wildman–Crippen MR) is 128 cm³/mol. The van der Waals surface area contributed by atoms with Crippen molar-refractivity contribution >= 4 is 27.5 Å². The highest BCUT2D eigenvalue weighted by molar-refractivity contribution is 7.92. The number of nitrogens with zero attached hydrogens (tertiary/aromatic N) is 2. The summed E-state index contributed by atoms with van der Waals surface area (Å²) in [5.74, 6) is -0.403. The molecule has 1 atom stereocenters. The molecule has 2 aromatic carbocycles. The third-order valence-corrected chi connectivity index (χ3v) is 6.43. The second-order valence-electron chi connectivity index (χ2n) is 7.80. The van der Waals surface area contributed by atoms with Crippen molar-refractivity contribution in [2.75, 3.05) is 23.7 Å². The number of rotatable bonds is 11. The van der Waals surface area contributed by atoms with Gasteiger partial charge in [-0.3, -0.25) is 13.9 Å². The number of amides is 2. The van der Waals surface area contributed by atoms with Gasteiger partial charge in [-0.2, -0.15) is 0 Å². The van der Waals surface area contributed by atoms with Crippen LogP contribution in [-0.4, -0.2) is 50.5 Å². The molecule has 2 aromatic rings. The monoisotopic (exact) mass is 459 g/mol. The summed E-state index contributed by atoms with van der Waals surface area (Å²) in [7, 11) is -3.50. The number of nitrogens with one attached hydrogen (secondary N) is 1. The molecule has 0 bridgehead atoms. The molecule has 1 N–H and O–H groups in total. The third kappa shape index (κ3) is 7.09. The van der Waals surface area contributed by atoms with Gasteiger partial charge in [-0.1, -0.05) is 48.5 Å². The maximum Gasteiger partial charge on any atom is 0.242 e. The van der Waals surface area contributed by atoms with E-state index in [0.717, 1.165) is 11.1 Å². The van der Waals surface area contributed by atoms with Gasteiger partial charge in [0, 0.05) is 26.1 Å². The zero-order valence-corrected chi connectivity index (χ0v) is 20.1. The zero-order valence-electron chi connectivity index (χ0n) is 19.2.